The molecule has 0 saturated carbocycles. The summed E-state index contributed by atoms with van der Waals surface area (Å²) in [4.78, 5) is 138. The number of nitrogens with one attached hydrogen (secondary N) is 8. The Labute approximate surface area is 437 Å². The van der Waals surface area contributed by atoms with E-state index in [1.807, 2.05) is 0 Å². The van der Waals surface area contributed by atoms with Crippen molar-refractivity contribution in [1.29, 1.82) is 0 Å². The molecule has 1 aliphatic rings. The Morgan fingerprint density at radius 3 is 1.58 bits per heavy atom. The van der Waals surface area contributed by atoms with Crippen molar-refractivity contribution in [3.8, 4) is 0 Å². The smallest absolute Gasteiger partial charge is 0.329 e. The number of amides is 8. The van der Waals surface area contributed by atoms with Gasteiger partial charge in [-0.15, -0.1) is 0 Å². The second-order valence-electron chi connectivity index (χ2n) is 21.5. The molecular formula is C52H90N8O14. The quantitative estimate of drug-likeness (QED) is 0.0335. The Balaban J connectivity index is 3.81. The lowest BCUT2D eigenvalue weighted by molar-refractivity contribution is -0.157. The monoisotopic (exact) mass is 1050 g/mol. The van der Waals surface area contributed by atoms with Gasteiger partial charge < -0.3 is 62.6 Å². The molecule has 22 nitrogen and oxygen atoms in total. The Bertz CT molecular complexity index is 1890. The van der Waals surface area contributed by atoms with E-state index in [9.17, 15) is 63.3 Å². The molecule has 0 aromatic rings. The predicted octanol–water partition coefficient (Wildman–Crippen LogP) is 1.79. The number of aliphatic hydroxyl groups is 2. The van der Waals surface area contributed by atoms with Crippen LogP contribution in [0.3, 0.4) is 0 Å². The van der Waals surface area contributed by atoms with Crippen LogP contribution in [0.5, 0.6) is 0 Å². The van der Waals surface area contributed by atoms with Gasteiger partial charge in [-0.05, 0) is 75.0 Å². The molecule has 1 aliphatic heterocycles. The van der Waals surface area contributed by atoms with Crippen LogP contribution in [0.4, 0.5) is 0 Å². The lowest BCUT2D eigenvalue weighted by Crippen LogP contribution is -2.62. The lowest BCUT2D eigenvalue weighted by Gasteiger charge is -2.31. The van der Waals surface area contributed by atoms with Crippen molar-refractivity contribution < 1.29 is 68.0 Å². The van der Waals surface area contributed by atoms with Gasteiger partial charge in [0.25, 0.3) is 0 Å². The van der Waals surface area contributed by atoms with Gasteiger partial charge >= 0.3 is 11.9 Å². The summed E-state index contributed by atoms with van der Waals surface area (Å²) >= 11 is 0. The maximum atomic E-state index is 14.5. The van der Waals surface area contributed by atoms with E-state index in [0.29, 0.717) is 0 Å². The molecule has 0 aromatic carbocycles. The van der Waals surface area contributed by atoms with Gasteiger partial charge in [-0.25, -0.2) is 4.79 Å². The molecule has 1 heterocycles. The van der Waals surface area contributed by atoms with Crippen molar-refractivity contribution in [1.82, 2.24) is 42.5 Å². The molecule has 22 heteroatoms. The molecule has 1 saturated heterocycles. The minimum Gasteiger partial charge on any atom is -0.481 e. The standard InChI is InChI=1S/C52H90N8O14/c1-13-14-15-16-17-18-19-20-34(62)25-41(63)53-35(21-28(2)3)45(66)56-39(26-42(64)65)49(70)60-44-33(12)74-52(73)43(32(10)11)59-48(69)38(24-31(8)9)55-50(71)40(27-61)58-47(68)36(22-29(4)5)54-46(67)37(23-30(6)7)57-51(44)72/h19-20,28-40,43-44,61-62H,13-18,21-27H2,1-12H3,(H,53,63)(H,54,67)(H,55,71)(H,56,66)(H,57,72)(H,58,68)(H,59,69)(H,60,70)(H,64,65)/b20-19-/t33-,34+,35+,36+,37+,38+,39+,40+,43+,44-/m1/s1. The Kier molecular flexibility index (Phi) is 30.5. The highest BCUT2D eigenvalue weighted by Crippen LogP contribution is 2.16. The zero-order valence-electron chi connectivity index (χ0n) is 45.8. The van der Waals surface area contributed by atoms with Crippen LogP contribution in [0.25, 0.3) is 0 Å². The number of cyclic esters (lactones) is 1. The highest BCUT2D eigenvalue weighted by atomic mass is 16.5. The normalized spacial score (nSPS) is 23.1. The lowest BCUT2D eigenvalue weighted by atomic mass is 9.99. The Morgan fingerprint density at radius 1 is 0.622 bits per heavy atom. The SMILES string of the molecule is CCCCCCC/C=C\[C@H](O)CC(=O)N[C@@H](CC(C)C)C(=O)N[C@@H](CC(=O)O)C(=O)N[C@H]1C(=O)N[C@@H](CC(C)C)C(=O)N[C@@H](CC(C)C)C(=O)N[C@@H](CO)C(=O)N[C@@H](CC(C)C)C(=O)N[C@@H](C(C)C)C(=O)O[C@@H]1C. The minimum absolute atomic E-state index is 0.0319. The van der Waals surface area contributed by atoms with Crippen molar-refractivity contribution in [3.63, 3.8) is 0 Å². The summed E-state index contributed by atoms with van der Waals surface area (Å²) in [6.07, 6.45) is 5.25. The third kappa shape index (κ3) is 25.5. The van der Waals surface area contributed by atoms with Gasteiger partial charge in [-0.3, -0.25) is 43.2 Å². The fourth-order valence-corrected chi connectivity index (χ4v) is 8.10. The van der Waals surface area contributed by atoms with Gasteiger partial charge in [-0.2, -0.15) is 0 Å². The molecular weight excluding hydrogens is 961 g/mol. The first-order valence-corrected chi connectivity index (χ1v) is 26.4. The third-order valence-corrected chi connectivity index (χ3v) is 12.0. The number of carboxylic acid groups (broad SMARTS) is 1. The maximum Gasteiger partial charge on any atom is 0.329 e. The molecule has 0 bridgehead atoms. The predicted molar refractivity (Wildman–Crippen MR) is 276 cm³/mol. The molecule has 0 radical (unpaired) electrons. The molecule has 0 spiro atoms. The minimum atomic E-state index is -1.90. The summed E-state index contributed by atoms with van der Waals surface area (Å²) in [6, 6.07) is -12.1. The number of carbonyl (C=O) groups excluding carboxylic acids is 9. The van der Waals surface area contributed by atoms with Crippen LogP contribution < -0.4 is 42.5 Å². The molecule has 0 aromatic heterocycles. The van der Waals surface area contributed by atoms with E-state index in [1.54, 1.807) is 75.3 Å². The van der Waals surface area contributed by atoms with E-state index < -0.39 is 139 Å². The average Bonchev–Trinajstić information content (AvgIpc) is 3.28. The van der Waals surface area contributed by atoms with Gasteiger partial charge in [0.05, 0.1) is 25.6 Å². The maximum absolute atomic E-state index is 14.5. The fraction of sp³-hybridized carbons (Fsp3) is 0.769. The van der Waals surface area contributed by atoms with Gasteiger partial charge in [0.2, 0.25) is 47.3 Å². The topological polar surface area (TPSA) is 337 Å². The van der Waals surface area contributed by atoms with Crippen molar-refractivity contribution in [2.45, 2.75) is 221 Å². The van der Waals surface area contributed by atoms with Crippen LogP contribution in [0.1, 0.15) is 160 Å². The average molecular weight is 1050 g/mol. The van der Waals surface area contributed by atoms with E-state index in [0.717, 1.165) is 38.5 Å². The van der Waals surface area contributed by atoms with Crippen molar-refractivity contribution in [2.24, 2.45) is 29.6 Å². The molecule has 1 rings (SSSR count). The van der Waals surface area contributed by atoms with E-state index in [-0.39, 0.29) is 55.8 Å². The molecule has 8 amide bonds. The van der Waals surface area contributed by atoms with Gasteiger partial charge in [-0.1, -0.05) is 114 Å². The second-order valence-corrected chi connectivity index (χ2v) is 21.5. The number of aliphatic carboxylic acids is 1. The summed E-state index contributed by atoms with van der Waals surface area (Å²) < 4.78 is 5.78. The number of esters is 1. The molecule has 0 unspecified atom stereocenters. The third-order valence-electron chi connectivity index (χ3n) is 12.0. The van der Waals surface area contributed by atoms with Crippen LogP contribution in [0, 0.1) is 29.6 Å². The first-order valence-electron chi connectivity index (χ1n) is 26.4. The highest BCUT2D eigenvalue weighted by Gasteiger charge is 2.40. The van der Waals surface area contributed by atoms with Crippen LogP contribution in [0.15, 0.2) is 12.2 Å². The van der Waals surface area contributed by atoms with E-state index in [4.69, 9.17) is 4.74 Å². The number of ether oxygens (including phenoxy) is 1. The zero-order valence-corrected chi connectivity index (χ0v) is 45.8. The summed E-state index contributed by atoms with van der Waals surface area (Å²) in [7, 11) is 0. The highest BCUT2D eigenvalue weighted by molar-refractivity contribution is 5.99. The molecule has 0 aliphatic carbocycles. The number of carbonyl (C=O) groups is 10. The summed E-state index contributed by atoms with van der Waals surface area (Å²) in [5.74, 6) is -11.6. The van der Waals surface area contributed by atoms with Crippen LogP contribution >= 0.6 is 0 Å². The number of aliphatic hydroxyl groups excluding tert-OH is 2. The van der Waals surface area contributed by atoms with Crippen molar-refractivity contribution >= 4 is 59.2 Å². The summed E-state index contributed by atoms with van der Waals surface area (Å²) in [5, 5.41) is 50.9. The van der Waals surface area contributed by atoms with Crippen LogP contribution in [-0.2, 0) is 52.7 Å². The largest absolute Gasteiger partial charge is 0.481 e. The summed E-state index contributed by atoms with van der Waals surface area (Å²) in [6.45, 7) is 19.8. The number of allylic oxidation sites excluding steroid dienone is 1. The van der Waals surface area contributed by atoms with Gasteiger partial charge in [0.15, 0.2) is 0 Å². The molecule has 1 fully saturated rings. The number of carboxylic acids is 1. The number of rotatable bonds is 26. The van der Waals surface area contributed by atoms with Crippen molar-refractivity contribution in [3.05, 3.63) is 12.2 Å². The fourth-order valence-electron chi connectivity index (χ4n) is 8.10. The number of hydrogen-bond acceptors (Lipinski definition) is 13. The first kappa shape index (κ1) is 66.4. The first-order chi connectivity index (χ1) is 34.6. The molecule has 74 heavy (non-hydrogen) atoms. The van der Waals surface area contributed by atoms with Crippen LogP contribution in [0.2, 0.25) is 0 Å². The van der Waals surface area contributed by atoms with Gasteiger partial charge in [0.1, 0.15) is 54.4 Å². The number of unbranched alkanes of at least 4 members (excludes halogenated alkanes) is 5. The zero-order chi connectivity index (χ0) is 56.4. The van der Waals surface area contributed by atoms with E-state index >= 15 is 0 Å². The molecule has 11 N–H and O–H groups in total. The van der Waals surface area contributed by atoms with Crippen molar-refractivity contribution in [2.75, 3.05) is 6.61 Å². The van der Waals surface area contributed by atoms with E-state index in [1.165, 1.54) is 13.0 Å². The Hall–Kier alpha value is -5.64. The number of hydrogen-bond donors (Lipinski definition) is 11. The van der Waals surface area contributed by atoms with Gasteiger partial charge in [0, 0.05) is 0 Å². The Morgan fingerprint density at radius 2 is 1.11 bits per heavy atom. The van der Waals surface area contributed by atoms with E-state index in [2.05, 4.69) is 49.5 Å². The van der Waals surface area contributed by atoms with Crippen LogP contribution in [-0.4, -0.2) is 142 Å². The second kappa shape index (κ2) is 34.0. The molecule has 422 valence electrons. The molecule has 10 atom stereocenters. The summed E-state index contributed by atoms with van der Waals surface area (Å²) in [5.41, 5.74) is 0.